The number of esters is 1. The summed E-state index contributed by atoms with van der Waals surface area (Å²) >= 11 is 0. The lowest BCUT2D eigenvalue weighted by atomic mass is 9.93. The van der Waals surface area contributed by atoms with Gasteiger partial charge in [-0.15, -0.1) is 0 Å². The van der Waals surface area contributed by atoms with Gasteiger partial charge < -0.3 is 9.84 Å². The van der Waals surface area contributed by atoms with Gasteiger partial charge in [0.25, 0.3) is 0 Å². The molecule has 0 heterocycles. The second-order valence-corrected chi connectivity index (χ2v) is 5.22. The van der Waals surface area contributed by atoms with E-state index in [1.807, 2.05) is 26.0 Å². The van der Waals surface area contributed by atoms with Crippen molar-refractivity contribution >= 4 is 5.97 Å². The Labute approximate surface area is 115 Å². The highest BCUT2D eigenvalue weighted by Crippen LogP contribution is 2.18. The van der Waals surface area contributed by atoms with Crippen molar-refractivity contribution < 1.29 is 14.6 Å². The van der Waals surface area contributed by atoms with E-state index in [4.69, 9.17) is 9.84 Å². The molecule has 0 fully saturated rings. The third-order valence-electron chi connectivity index (χ3n) is 3.45. The van der Waals surface area contributed by atoms with Gasteiger partial charge in [-0.25, -0.2) is 0 Å². The SMILES string of the molecule is COC(=O)[C@@H](C)CCc1ccccc1C[C@H](C)CO. The minimum absolute atomic E-state index is 0.0756. The third-order valence-corrected chi connectivity index (χ3v) is 3.45. The molecule has 0 aliphatic carbocycles. The first-order valence-electron chi connectivity index (χ1n) is 6.84. The van der Waals surface area contributed by atoms with Crippen LogP contribution in [0, 0.1) is 11.8 Å². The molecule has 1 N–H and O–H groups in total. The van der Waals surface area contributed by atoms with Gasteiger partial charge in [-0.3, -0.25) is 4.79 Å². The van der Waals surface area contributed by atoms with Crippen LogP contribution in [0.1, 0.15) is 31.4 Å². The predicted molar refractivity (Wildman–Crippen MR) is 75.9 cm³/mol. The first kappa shape index (κ1) is 15.7. The van der Waals surface area contributed by atoms with Crippen LogP contribution in [-0.2, 0) is 22.4 Å². The lowest BCUT2D eigenvalue weighted by Crippen LogP contribution is -2.14. The molecule has 0 unspecified atom stereocenters. The average Bonchev–Trinajstić information content (AvgIpc) is 2.44. The number of benzene rings is 1. The number of hydrogen-bond donors (Lipinski definition) is 1. The van der Waals surface area contributed by atoms with E-state index in [1.165, 1.54) is 18.2 Å². The zero-order chi connectivity index (χ0) is 14.3. The maximum absolute atomic E-state index is 11.4. The summed E-state index contributed by atoms with van der Waals surface area (Å²) in [6.07, 6.45) is 2.53. The number of carbonyl (C=O) groups excluding carboxylic acids is 1. The molecule has 0 bridgehead atoms. The Hall–Kier alpha value is -1.35. The van der Waals surface area contributed by atoms with E-state index in [-0.39, 0.29) is 24.4 Å². The minimum Gasteiger partial charge on any atom is -0.469 e. The number of aliphatic hydroxyl groups is 1. The van der Waals surface area contributed by atoms with E-state index in [0.29, 0.717) is 0 Å². The molecule has 0 aliphatic rings. The number of aliphatic hydroxyl groups excluding tert-OH is 1. The Morgan fingerprint density at radius 1 is 1.26 bits per heavy atom. The summed E-state index contributed by atoms with van der Waals surface area (Å²) in [5.74, 6) is 0.0358. The molecule has 0 aliphatic heterocycles. The lowest BCUT2D eigenvalue weighted by Gasteiger charge is -2.14. The predicted octanol–water partition coefficient (Wildman–Crippen LogP) is 2.60. The molecule has 0 aromatic heterocycles. The number of ether oxygens (including phenoxy) is 1. The Morgan fingerprint density at radius 3 is 2.47 bits per heavy atom. The maximum atomic E-state index is 11.4. The first-order valence-corrected chi connectivity index (χ1v) is 6.84. The number of aryl methyl sites for hydroxylation is 1. The average molecular weight is 264 g/mol. The molecule has 0 radical (unpaired) electrons. The maximum Gasteiger partial charge on any atom is 0.308 e. The van der Waals surface area contributed by atoms with Gasteiger partial charge in [-0.2, -0.15) is 0 Å². The van der Waals surface area contributed by atoms with E-state index >= 15 is 0 Å². The summed E-state index contributed by atoms with van der Waals surface area (Å²) in [4.78, 5) is 11.4. The second-order valence-electron chi connectivity index (χ2n) is 5.22. The van der Waals surface area contributed by atoms with Gasteiger partial charge in [0.15, 0.2) is 0 Å². The molecule has 1 aromatic rings. The highest BCUT2D eigenvalue weighted by Gasteiger charge is 2.14. The summed E-state index contributed by atoms with van der Waals surface area (Å²) in [6.45, 7) is 4.13. The van der Waals surface area contributed by atoms with Crippen LogP contribution in [-0.4, -0.2) is 24.8 Å². The van der Waals surface area contributed by atoms with Crippen LogP contribution in [0.5, 0.6) is 0 Å². The zero-order valence-electron chi connectivity index (χ0n) is 12.1. The fraction of sp³-hybridized carbons (Fsp3) is 0.562. The highest BCUT2D eigenvalue weighted by molar-refractivity contribution is 5.71. The molecule has 3 heteroatoms. The van der Waals surface area contributed by atoms with Gasteiger partial charge >= 0.3 is 5.97 Å². The Balaban J connectivity index is 2.65. The van der Waals surface area contributed by atoms with Gasteiger partial charge in [0.1, 0.15) is 0 Å². The van der Waals surface area contributed by atoms with Crippen LogP contribution in [0.2, 0.25) is 0 Å². The summed E-state index contributed by atoms with van der Waals surface area (Å²) in [7, 11) is 1.43. The summed E-state index contributed by atoms with van der Waals surface area (Å²) in [5, 5.41) is 9.15. The van der Waals surface area contributed by atoms with E-state index < -0.39 is 0 Å². The van der Waals surface area contributed by atoms with Gasteiger partial charge in [0.05, 0.1) is 13.0 Å². The number of carbonyl (C=O) groups is 1. The Bertz CT molecular complexity index is 401. The van der Waals surface area contributed by atoms with Crippen LogP contribution in [0.15, 0.2) is 24.3 Å². The van der Waals surface area contributed by atoms with E-state index in [9.17, 15) is 4.79 Å². The van der Waals surface area contributed by atoms with Crippen LogP contribution in [0.25, 0.3) is 0 Å². The molecular formula is C16H24O3. The quantitative estimate of drug-likeness (QED) is 0.770. The Morgan fingerprint density at radius 2 is 1.89 bits per heavy atom. The fourth-order valence-electron chi connectivity index (χ4n) is 2.13. The van der Waals surface area contributed by atoms with Crippen molar-refractivity contribution in [2.45, 2.75) is 33.1 Å². The molecule has 19 heavy (non-hydrogen) atoms. The minimum atomic E-state index is -0.152. The molecule has 0 amide bonds. The summed E-state index contributed by atoms with van der Waals surface area (Å²) in [5.41, 5.74) is 2.53. The molecule has 0 saturated carbocycles. The van der Waals surface area contributed by atoms with E-state index in [2.05, 4.69) is 12.1 Å². The van der Waals surface area contributed by atoms with Crippen molar-refractivity contribution in [2.24, 2.45) is 11.8 Å². The van der Waals surface area contributed by atoms with Gasteiger partial charge in [0, 0.05) is 6.61 Å². The van der Waals surface area contributed by atoms with Gasteiger partial charge in [0.2, 0.25) is 0 Å². The number of hydrogen-bond acceptors (Lipinski definition) is 3. The lowest BCUT2D eigenvalue weighted by molar-refractivity contribution is -0.145. The molecule has 1 rings (SSSR count). The Kier molecular flexibility index (Phi) is 6.57. The largest absolute Gasteiger partial charge is 0.469 e. The van der Waals surface area contributed by atoms with Crippen LogP contribution < -0.4 is 0 Å². The first-order chi connectivity index (χ1) is 9.08. The van der Waals surface area contributed by atoms with Gasteiger partial charge in [-0.1, -0.05) is 38.1 Å². The normalized spacial score (nSPS) is 13.9. The topological polar surface area (TPSA) is 46.5 Å². The molecule has 106 valence electrons. The third kappa shape index (κ3) is 5.03. The molecule has 3 nitrogen and oxygen atoms in total. The van der Waals surface area contributed by atoms with Crippen LogP contribution >= 0.6 is 0 Å². The van der Waals surface area contributed by atoms with E-state index in [0.717, 1.165) is 19.3 Å². The number of methoxy groups -OCH3 is 1. The monoisotopic (exact) mass is 264 g/mol. The van der Waals surface area contributed by atoms with Gasteiger partial charge in [-0.05, 0) is 36.3 Å². The molecule has 1 aromatic carbocycles. The smallest absolute Gasteiger partial charge is 0.308 e. The summed E-state index contributed by atoms with van der Waals surface area (Å²) < 4.78 is 4.74. The van der Waals surface area contributed by atoms with Crippen molar-refractivity contribution in [3.05, 3.63) is 35.4 Å². The standard InChI is InChI=1S/C16H24O3/c1-12(11-17)10-15-7-5-4-6-14(15)9-8-13(2)16(18)19-3/h4-7,12-13,17H,8-11H2,1-3H3/t12-,13-/m0/s1. The molecule has 0 spiro atoms. The molecule has 2 atom stereocenters. The zero-order valence-corrected chi connectivity index (χ0v) is 12.1. The van der Waals surface area contributed by atoms with Crippen molar-refractivity contribution in [3.8, 4) is 0 Å². The molecular weight excluding hydrogens is 240 g/mol. The van der Waals surface area contributed by atoms with Crippen LogP contribution in [0.4, 0.5) is 0 Å². The fourth-order valence-corrected chi connectivity index (χ4v) is 2.13. The van der Waals surface area contributed by atoms with Crippen molar-refractivity contribution in [3.63, 3.8) is 0 Å². The van der Waals surface area contributed by atoms with Crippen molar-refractivity contribution in [1.29, 1.82) is 0 Å². The van der Waals surface area contributed by atoms with Crippen LogP contribution in [0.3, 0.4) is 0 Å². The summed E-state index contributed by atoms with van der Waals surface area (Å²) in [6, 6.07) is 8.24. The number of rotatable bonds is 7. The highest BCUT2D eigenvalue weighted by atomic mass is 16.5. The van der Waals surface area contributed by atoms with Crippen molar-refractivity contribution in [2.75, 3.05) is 13.7 Å². The second kappa shape index (κ2) is 7.95. The van der Waals surface area contributed by atoms with Crippen molar-refractivity contribution in [1.82, 2.24) is 0 Å². The van der Waals surface area contributed by atoms with E-state index in [1.54, 1.807) is 0 Å². The molecule has 0 saturated heterocycles.